The minimum atomic E-state index is -0.474. The average molecular weight is 269 g/mol. The Hall–Kier alpha value is -1.82. The van der Waals surface area contributed by atoms with Crippen molar-refractivity contribution < 1.29 is 14.3 Å². The number of carbonyl (C=O) groups excluding carboxylic acids is 1. The van der Waals surface area contributed by atoms with E-state index >= 15 is 0 Å². The molecule has 0 heterocycles. The molecule has 0 radical (unpaired) electrons. The van der Waals surface area contributed by atoms with Crippen LogP contribution in [0.3, 0.4) is 0 Å². The van der Waals surface area contributed by atoms with Gasteiger partial charge in [0.2, 0.25) is 0 Å². The molecule has 19 heavy (non-hydrogen) atoms. The third-order valence-electron chi connectivity index (χ3n) is 2.76. The number of urea groups is 1. The number of carbonyl (C=O) groups is 1. The number of amides is 2. The SMILES string of the molecule is CC(C)N(C)c1ccc(NC(=O)NCCO)cc1F. The van der Waals surface area contributed by atoms with Gasteiger partial charge in [-0.2, -0.15) is 0 Å². The summed E-state index contributed by atoms with van der Waals surface area (Å²) in [5.74, 6) is -0.392. The number of anilines is 2. The maximum absolute atomic E-state index is 13.9. The number of nitrogens with one attached hydrogen (secondary N) is 2. The summed E-state index contributed by atoms with van der Waals surface area (Å²) in [5, 5.41) is 13.5. The summed E-state index contributed by atoms with van der Waals surface area (Å²) in [7, 11) is 1.81. The Bertz CT molecular complexity index is 438. The smallest absolute Gasteiger partial charge is 0.319 e. The molecule has 3 N–H and O–H groups in total. The van der Waals surface area contributed by atoms with Crippen molar-refractivity contribution in [2.24, 2.45) is 0 Å². The van der Waals surface area contributed by atoms with Crippen LogP contribution < -0.4 is 15.5 Å². The standard InChI is InChI=1S/C13H20FN3O2/c1-9(2)17(3)12-5-4-10(8-11(12)14)16-13(19)15-6-7-18/h4-5,8-9,18H,6-7H2,1-3H3,(H2,15,16,19). The van der Waals surface area contributed by atoms with Crippen LogP contribution in [0.1, 0.15) is 13.8 Å². The fourth-order valence-electron chi connectivity index (χ4n) is 1.49. The molecule has 0 bridgehead atoms. The molecule has 0 aromatic heterocycles. The molecule has 6 heteroatoms. The maximum atomic E-state index is 13.9. The van der Waals surface area contributed by atoms with Crippen LogP contribution in [0.4, 0.5) is 20.6 Å². The van der Waals surface area contributed by atoms with Gasteiger partial charge in [-0.3, -0.25) is 0 Å². The van der Waals surface area contributed by atoms with Gasteiger partial charge in [0.15, 0.2) is 0 Å². The van der Waals surface area contributed by atoms with Crippen LogP contribution in [-0.2, 0) is 0 Å². The van der Waals surface area contributed by atoms with Gasteiger partial charge in [0, 0.05) is 25.3 Å². The molecule has 5 nitrogen and oxygen atoms in total. The lowest BCUT2D eigenvalue weighted by Crippen LogP contribution is -2.31. The molecular weight excluding hydrogens is 249 g/mol. The normalized spacial score (nSPS) is 10.4. The molecule has 1 aromatic carbocycles. The fourth-order valence-corrected chi connectivity index (χ4v) is 1.49. The third kappa shape index (κ3) is 4.40. The molecular formula is C13H20FN3O2. The number of hydrogen-bond acceptors (Lipinski definition) is 3. The van der Waals surface area contributed by atoms with Crippen LogP contribution in [0.2, 0.25) is 0 Å². The van der Waals surface area contributed by atoms with E-state index in [9.17, 15) is 9.18 Å². The lowest BCUT2D eigenvalue weighted by Gasteiger charge is -2.24. The summed E-state index contributed by atoms with van der Waals surface area (Å²) < 4.78 is 13.9. The minimum absolute atomic E-state index is 0.139. The molecule has 1 aromatic rings. The summed E-state index contributed by atoms with van der Waals surface area (Å²) in [4.78, 5) is 13.2. The number of hydrogen-bond donors (Lipinski definition) is 3. The predicted molar refractivity (Wildman–Crippen MR) is 74.0 cm³/mol. The van der Waals surface area contributed by atoms with E-state index in [4.69, 9.17) is 5.11 Å². The Labute approximate surface area is 112 Å². The van der Waals surface area contributed by atoms with Crippen molar-refractivity contribution in [3.63, 3.8) is 0 Å². The highest BCUT2D eigenvalue weighted by Crippen LogP contribution is 2.23. The zero-order valence-corrected chi connectivity index (χ0v) is 11.4. The molecule has 0 unspecified atom stereocenters. The molecule has 0 aliphatic rings. The van der Waals surface area contributed by atoms with E-state index in [0.29, 0.717) is 11.4 Å². The van der Waals surface area contributed by atoms with Gasteiger partial charge in [0.25, 0.3) is 0 Å². The van der Waals surface area contributed by atoms with Gasteiger partial charge in [0.1, 0.15) is 5.82 Å². The van der Waals surface area contributed by atoms with Crippen LogP contribution in [0.15, 0.2) is 18.2 Å². The summed E-state index contributed by atoms with van der Waals surface area (Å²) in [6.45, 7) is 3.95. The highest BCUT2D eigenvalue weighted by atomic mass is 19.1. The third-order valence-corrected chi connectivity index (χ3v) is 2.76. The van der Waals surface area contributed by atoms with Crippen molar-refractivity contribution in [1.29, 1.82) is 0 Å². The molecule has 0 saturated heterocycles. The highest BCUT2D eigenvalue weighted by Gasteiger charge is 2.11. The van der Waals surface area contributed by atoms with Crippen molar-refractivity contribution in [2.45, 2.75) is 19.9 Å². The number of nitrogens with zero attached hydrogens (tertiary/aromatic N) is 1. The zero-order chi connectivity index (χ0) is 14.4. The zero-order valence-electron chi connectivity index (χ0n) is 11.4. The molecule has 0 aliphatic carbocycles. The Morgan fingerprint density at radius 2 is 2.16 bits per heavy atom. The van der Waals surface area contributed by atoms with E-state index in [1.807, 2.05) is 25.8 Å². The van der Waals surface area contributed by atoms with Crippen molar-refractivity contribution in [3.8, 4) is 0 Å². The van der Waals surface area contributed by atoms with E-state index in [-0.39, 0.29) is 19.2 Å². The second kappa shape index (κ2) is 6.94. The topological polar surface area (TPSA) is 64.6 Å². The van der Waals surface area contributed by atoms with Crippen LogP contribution in [0.5, 0.6) is 0 Å². The summed E-state index contributed by atoms with van der Waals surface area (Å²) in [6, 6.07) is 4.24. The van der Waals surface area contributed by atoms with Crippen LogP contribution in [0, 0.1) is 5.82 Å². The summed E-state index contributed by atoms with van der Waals surface area (Å²) in [5.41, 5.74) is 0.852. The molecule has 0 fully saturated rings. The van der Waals surface area contributed by atoms with E-state index in [2.05, 4.69) is 10.6 Å². The largest absolute Gasteiger partial charge is 0.395 e. The Morgan fingerprint density at radius 3 is 2.68 bits per heavy atom. The van der Waals surface area contributed by atoms with E-state index in [1.54, 1.807) is 12.1 Å². The van der Waals surface area contributed by atoms with E-state index in [0.717, 1.165) is 0 Å². The van der Waals surface area contributed by atoms with Gasteiger partial charge in [-0.1, -0.05) is 0 Å². The number of rotatable bonds is 5. The first-order valence-electron chi connectivity index (χ1n) is 6.13. The first kappa shape index (κ1) is 15.2. The van der Waals surface area contributed by atoms with Gasteiger partial charge in [0.05, 0.1) is 12.3 Å². The quantitative estimate of drug-likeness (QED) is 0.763. The molecule has 0 atom stereocenters. The number of aliphatic hydroxyl groups excluding tert-OH is 1. The van der Waals surface area contributed by atoms with Crippen molar-refractivity contribution in [3.05, 3.63) is 24.0 Å². The highest BCUT2D eigenvalue weighted by molar-refractivity contribution is 5.89. The Morgan fingerprint density at radius 1 is 1.47 bits per heavy atom. The average Bonchev–Trinajstić information content (AvgIpc) is 2.35. The van der Waals surface area contributed by atoms with Crippen LogP contribution >= 0.6 is 0 Å². The lowest BCUT2D eigenvalue weighted by atomic mass is 10.2. The van der Waals surface area contributed by atoms with Gasteiger partial charge in [-0.25, -0.2) is 9.18 Å². The monoisotopic (exact) mass is 269 g/mol. The van der Waals surface area contributed by atoms with E-state index < -0.39 is 11.8 Å². The van der Waals surface area contributed by atoms with Gasteiger partial charge in [-0.05, 0) is 32.0 Å². The van der Waals surface area contributed by atoms with Crippen molar-refractivity contribution in [2.75, 3.05) is 30.4 Å². The van der Waals surface area contributed by atoms with Gasteiger partial charge < -0.3 is 20.6 Å². The molecule has 0 saturated carbocycles. The summed E-state index contributed by atoms with van der Waals surface area (Å²) >= 11 is 0. The van der Waals surface area contributed by atoms with Crippen LogP contribution in [0.25, 0.3) is 0 Å². The predicted octanol–water partition coefficient (Wildman–Crippen LogP) is 1.78. The Kier molecular flexibility index (Phi) is 5.57. The number of halogens is 1. The maximum Gasteiger partial charge on any atom is 0.319 e. The molecule has 106 valence electrons. The fraction of sp³-hybridized carbons (Fsp3) is 0.462. The molecule has 0 aliphatic heterocycles. The second-order valence-electron chi connectivity index (χ2n) is 4.48. The van der Waals surface area contributed by atoms with E-state index in [1.165, 1.54) is 6.07 Å². The molecule has 0 spiro atoms. The van der Waals surface area contributed by atoms with Crippen LogP contribution in [-0.4, -0.2) is 37.4 Å². The Balaban J connectivity index is 2.74. The molecule has 1 rings (SSSR count). The first-order valence-corrected chi connectivity index (χ1v) is 6.13. The number of benzene rings is 1. The van der Waals surface area contributed by atoms with Crippen molar-refractivity contribution >= 4 is 17.4 Å². The lowest BCUT2D eigenvalue weighted by molar-refractivity contribution is 0.245. The molecule has 2 amide bonds. The van der Waals surface area contributed by atoms with Gasteiger partial charge >= 0.3 is 6.03 Å². The summed E-state index contributed by atoms with van der Waals surface area (Å²) in [6.07, 6.45) is 0. The second-order valence-corrected chi connectivity index (χ2v) is 4.48. The minimum Gasteiger partial charge on any atom is -0.395 e. The van der Waals surface area contributed by atoms with Gasteiger partial charge in [-0.15, -0.1) is 0 Å². The van der Waals surface area contributed by atoms with Crippen molar-refractivity contribution in [1.82, 2.24) is 5.32 Å². The number of aliphatic hydroxyl groups is 1. The first-order chi connectivity index (χ1) is 8.95.